The third kappa shape index (κ3) is 2.35. The van der Waals surface area contributed by atoms with E-state index in [9.17, 15) is 4.21 Å². The Morgan fingerprint density at radius 1 is 1.12 bits per heavy atom. The van der Waals surface area contributed by atoms with Crippen LogP contribution in [-0.2, 0) is 11.3 Å². The molecular weight excluding hydrogens is 254 g/mol. The van der Waals surface area contributed by atoms with Crippen LogP contribution in [0.25, 0.3) is 5.69 Å². The topological polar surface area (TPSA) is 22.0 Å². The van der Waals surface area contributed by atoms with Crippen LogP contribution in [0.15, 0.2) is 36.5 Å². The van der Waals surface area contributed by atoms with E-state index < -0.39 is 0 Å². The second-order valence-corrected chi connectivity index (χ2v) is 4.85. The Kier molecular flexibility index (Phi) is 3.50. The van der Waals surface area contributed by atoms with Gasteiger partial charge in [0.15, 0.2) is 0 Å². The van der Waals surface area contributed by atoms with Crippen LogP contribution in [0.5, 0.6) is 0 Å². The number of aromatic nitrogens is 1. The van der Waals surface area contributed by atoms with Gasteiger partial charge in [0.2, 0.25) is 0 Å². The molecule has 0 aliphatic heterocycles. The SMILES string of the molecule is Cc1ccn(-c2ccc(Cl)cc2)c(=S=O)c1C. The third-order valence-electron chi connectivity index (χ3n) is 2.79. The molecule has 2 nitrogen and oxygen atoms in total. The highest BCUT2D eigenvalue weighted by Gasteiger charge is 2.02. The van der Waals surface area contributed by atoms with E-state index in [2.05, 4.69) is 0 Å². The first-order valence-electron chi connectivity index (χ1n) is 5.21. The van der Waals surface area contributed by atoms with Gasteiger partial charge in [0.05, 0.1) is 0 Å². The highest BCUT2D eigenvalue weighted by atomic mass is 35.5. The Morgan fingerprint density at radius 3 is 2.35 bits per heavy atom. The average molecular weight is 266 g/mol. The predicted molar refractivity (Wildman–Crippen MR) is 71.6 cm³/mol. The minimum absolute atomic E-state index is 0.515. The molecule has 0 aliphatic rings. The fraction of sp³-hybridized carbons (Fsp3) is 0.154. The van der Waals surface area contributed by atoms with Gasteiger partial charge in [0.1, 0.15) is 15.9 Å². The lowest BCUT2D eigenvalue weighted by atomic mass is 10.2. The lowest BCUT2D eigenvalue weighted by Crippen LogP contribution is -2.00. The summed E-state index contributed by atoms with van der Waals surface area (Å²) >= 11 is 6.37. The Balaban J connectivity index is 2.73. The number of benzene rings is 1. The first kappa shape index (κ1) is 12.1. The summed E-state index contributed by atoms with van der Waals surface area (Å²) in [5.41, 5.74) is 3.08. The molecule has 0 bridgehead atoms. The van der Waals surface area contributed by atoms with Crippen molar-refractivity contribution in [1.29, 1.82) is 0 Å². The number of halogens is 1. The van der Waals surface area contributed by atoms with Crippen molar-refractivity contribution in [2.75, 3.05) is 0 Å². The summed E-state index contributed by atoms with van der Waals surface area (Å²) in [6, 6.07) is 9.44. The van der Waals surface area contributed by atoms with E-state index >= 15 is 0 Å². The van der Waals surface area contributed by atoms with E-state index in [1.165, 1.54) is 0 Å². The van der Waals surface area contributed by atoms with E-state index in [-0.39, 0.29) is 0 Å². The lowest BCUT2D eigenvalue weighted by Gasteiger charge is -2.10. The summed E-state index contributed by atoms with van der Waals surface area (Å²) in [7, 11) is 0. The molecule has 0 unspecified atom stereocenters. The normalized spacial score (nSPS) is 10.3. The molecule has 0 spiro atoms. The van der Waals surface area contributed by atoms with E-state index in [0.29, 0.717) is 20.9 Å². The Labute approximate surface area is 109 Å². The molecule has 0 saturated carbocycles. The maximum Gasteiger partial charge on any atom is 0.144 e. The van der Waals surface area contributed by atoms with Crippen LogP contribution in [0.4, 0.5) is 0 Å². The zero-order valence-electron chi connectivity index (χ0n) is 9.61. The monoisotopic (exact) mass is 265 g/mol. The number of pyridine rings is 1. The van der Waals surface area contributed by atoms with Crippen molar-refractivity contribution in [3.63, 3.8) is 0 Å². The van der Waals surface area contributed by atoms with E-state index in [4.69, 9.17) is 11.6 Å². The first-order valence-corrected chi connectivity index (χ1v) is 6.33. The minimum atomic E-state index is 0.515. The van der Waals surface area contributed by atoms with E-state index in [1.807, 2.05) is 54.9 Å². The van der Waals surface area contributed by atoms with Crippen LogP contribution in [0, 0.1) is 18.5 Å². The summed E-state index contributed by atoms with van der Waals surface area (Å²) in [4.78, 5) is 0. The van der Waals surface area contributed by atoms with Crippen molar-refractivity contribution in [2.45, 2.75) is 13.8 Å². The molecule has 0 aliphatic carbocycles. The van der Waals surface area contributed by atoms with Crippen molar-refractivity contribution in [3.8, 4) is 5.69 Å². The van der Waals surface area contributed by atoms with Gasteiger partial charge in [-0.2, -0.15) is 0 Å². The zero-order chi connectivity index (χ0) is 12.4. The highest BCUT2D eigenvalue weighted by Crippen LogP contribution is 2.16. The summed E-state index contributed by atoms with van der Waals surface area (Å²) in [5, 5.41) is 0.689. The predicted octanol–water partition coefficient (Wildman–Crippen LogP) is 3.49. The van der Waals surface area contributed by atoms with Crippen molar-refractivity contribution >= 4 is 22.9 Å². The van der Waals surface area contributed by atoms with Crippen LogP contribution >= 0.6 is 11.6 Å². The summed E-state index contributed by atoms with van der Waals surface area (Å²) in [5.74, 6) is 0. The fourth-order valence-electron chi connectivity index (χ4n) is 1.64. The van der Waals surface area contributed by atoms with Gasteiger partial charge < -0.3 is 4.57 Å². The fourth-order valence-corrected chi connectivity index (χ4v) is 2.29. The molecule has 0 saturated heterocycles. The molecule has 0 atom stereocenters. The van der Waals surface area contributed by atoms with Crippen LogP contribution in [0.1, 0.15) is 11.1 Å². The van der Waals surface area contributed by atoms with Gasteiger partial charge in [-0.3, -0.25) is 0 Å². The van der Waals surface area contributed by atoms with Gasteiger partial charge in [-0.1, -0.05) is 11.6 Å². The molecule has 0 fully saturated rings. The second kappa shape index (κ2) is 4.90. The molecule has 88 valence electrons. The van der Waals surface area contributed by atoms with Crippen LogP contribution in [-0.4, -0.2) is 8.78 Å². The molecule has 2 aromatic rings. The number of hydrogen-bond acceptors (Lipinski definition) is 1. The molecular formula is C13H12ClNOS. The molecule has 0 N–H and O–H groups in total. The molecule has 2 rings (SSSR count). The minimum Gasteiger partial charge on any atom is -0.306 e. The zero-order valence-corrected chi connectivity index (χ0v) is 11.2. The highest BCUT2D eigenvalue weighted by molar-refractivity contribution is 7.56. The lowest BCUT2D eigenvalue weighted by molar-refractivity contribution is 0.698. The van der Waals surface area contributed by atoms with Gasteiger partial charge in [-0.25, -0.2) is 4.21 Å². The van der Waals surface area contributed by atoms with Crippen LogP contribution in [0.3, 0.4) is 0 Å². The second-order valence-electron chi connectivity index (χ2n) is 3.86. The quantitative estimate of drug-likeness (QED) is 0.724. The van der Waals surface area contributed by atoms with Crippen molar-refractivity contribution in [1.82, 2.24) is 4.57 Å². The van der Waals surface area contributed by atoms with Gasteiger partial charge in [-0.05, 0) is 55.3 Å². The third-order valence-corrected chi connectivity index (χ3v) is 3.70. The summed E-state index contributed by atoms with van der Waals surface area (Å²) in [6.07, 6.45) is 1.91. The molecule has 1 aromatic heterocycles. The van der Waals surface area contributed by atoms with Crippen LogP contribution < -0.4 is 0 Å². The van der Waals surface area contributed by atoms with Crippen molar-refractivity contribution in [2.24, 2.45) is 0 Å². The maximum atomic E-state index is 11.2. The average Bonchev–Trinajstić information content (AvgIpc) is 2.34. The number of aryl methyl sites for hydroxylation is 1. The standard InChI is InChI=1S/C13H12ClNOS/c1-9-7-8-15(13(17-16)10(9)2)12-5-3-11(14)4-6-12/h3-8H,1-2H3. The number of nitrogens with zero attached hydrogens (tertiary/aromatic N) is 1. The van der Waals surface area contributed by atoms with Crippen LogP contribution in [0.2, 0.25) is 5.02 Å². The Hall–Kier alpha value is -1.32. The van der Waals surface area contributed by atoms with Gasteiger partial charge in [0.25, 0.3) is 0 Å². The smallest absolute Gasteiger partial charge is 0.144 e. The molecule has 1 aromatic carbocycles. The number of hydrogen-bond donors (Lipinski definition) is 0. The molecule has 1 heterocycles. The first-order chi connectivity index (χ1) is 8.13. The van der Waals surface area contributed by atoms with E-state index in [1.54, 1.807) is 0 Å². The van der Waals surface area contributed by atoms with Gasteiger partial charge in [0, 0.05) is 16.9 Å². The largest absolute Gasteiger partial charge is 0.306 e. The summed E-state index contributed by atoms with van der Waals surface area (Å²) in [6.45, 7) is 3.96. The van der Waals surface area contributed by atoms with E-state index in [0.717, 1.165) is 16.8 Å². The summed E-state index contributed by atoms with van der Waals surface area (Å²) < 4.78 is 13.8. The van der Waals surface area contributed by atoms with Crippen molar-refractivity contribution < 1.29 is 4.21 Å². The molecule has 0 amide bonds. The molecule has 4 heteroatoms. The van der Waals surface area contributed by atoms with Gasteiger partial charge in [-0.15, -0.1) is 0 Å². The number of rotatable bonds is 1. The Morgan fingerprint density at radius 2 is 1.76 bits per heavy atom. The molecule has 0 radical (unpaired) electrons. The molecule has 17 heavy (non-hydrogen) atoms. The van der Waals surface area contributed by atoms with Crippen molar-refractivity contribution in [3.05, 3.63) is 57.3 Å². The maximum absolute atomic E-state index is 11.2. The Bertz CT molecular complexity index is 639. The van der Waals surface area contributed by atoms with Gasteiger partial charge >= 0.3 is 0 Å².